The summed E-state index contributed by atoms with van der Waals surface area (Å²) >= 11 is 6.17. The molecule has 0 bridgehead atoms. The Morgan fingerprint density at radius 3 is 2.46 bits per heavy atom. The summed E-state index contributed by atoms with van der Waals surface area (Å²) in [4.78, 5) is 30.2. The minimum Gasteiger partial charge on any atom is -0.370 e. The molecule has 0 unspecified atom stereocenters. The topological polar surface area (TPSA) is 100 Å². The van der Waals surface area contributed by atoms with Crippen molar-refractivity contribution in [1.29, 1.82) is 5.26 Å². The lowest BCUT2D eigenvalue weighted by molar-refractivity contribution is -0.127. The molecular weight excluding hydrogens is 383 g/mol. The first-order valence-corrected chi connectivity index (χ1v) is 8.90. The number of primary amides is 1. The van der Waals surface area contributed by atoms with E-state index in [0.717, 1.165) is 0 Å². The number of rotatable bonds is 6. The maximum Gasteiger partial charge on any atom is 0.230 e. The Morgan fingerprint density at radius 2 is 1.93 bits per heavy atom. The smallest absolute Gasteiger partial charge is 0.230 e. The van der Waals surface area contributed by atoms with Gasteiger partial charge in [-0.05, 0) is 43.7 Å². The largest absolute Gasteiger partial charge is 0.370 e. The van der Waals surface area contributed by atoms with Crippen molar-refractivity contribution >= 4 is 29.1 Å². The lowest BCUT2D eigenvalue weighted by Gasteiger charge is -2.24. The highest BCUT2D eigenvalue weighted by Crippen LogP contribution is 2.27. The molecule has 2 rings (SSSR count). The zero-order valence-electron chi connectivity index (χ0n) is 15.8. The van der Waals surface area contributed by atoms with Crippen molar-refractivity contribution in [3.8, 4) is 6.07 Å². The van der Waals surface area contributed by atoms with Crippen LogP contribution in [0.4, 0.5) is 10.1 Å². The zero-order chi connectivity index (χ0) is 21.0. The fourth-order valence-electron chi connectivity index (χ4n) is 2.99. The minimum absolute atomic E-state index is 0.0506. The van der Waals surface area contributed by atoms with E-state index in [1.807, 2.05) is 0 Å². The Bertz CT molecular complexity index is 954. The molecule has 28 heavy (non-hydrogen) atoms. The van der Waals surface area contributed by atoms with Crippen LogP contribution in [-0.4, -0.2) is 23.8 Å². The van der Waals surface area contributed by atoms with Crippen LogP contribution < -0.4 is 10.6 Å². The van der Waals surface area contributed by atoms with Crippen LogP contribution in [0.1, 0.15) is 28.9 Å². The molecule has 1 aromatic carbocycles. The summed E-state index contributed by atoms with van der Waals surface area (Å²) in [5.41, 5.74) is 7.57. The highest BCUT2D eigenvalue weighted by Gasteiger charge is 2.28. The van der Waals surface area contributed by atoms with Crippen LogP contribution >= 0.6 is 11.6 Å². The summed E-state index contributed by atoms with van der Waals surface area (Å²) in [5, 5.41) is 9.88. The average Bonchev–Trinajstić information content (AvgIpc) is 2.65. The number of nitriles is 1. The molecule has 2 aromatic rings. The van der Waals surface area contributed by atoms with E-state index < -0.39 is 17.6 Å². The number of anilines is 1. The first-order chi connectivity index (χ1) is 13.1. The molecule has 0 saturated carbocycles. The molecule has 0 fully saturated rings. The van der Waals surface area contributed by atoms with E-state index in [1.165, 1.54) is 36.2 Å². The van der Waals surface area contributed by atoms with Gasteiger partial charge in [-0.15, -0.1) is 0 Å². The highest BCUT2D eigenvalue weighted by molar-refractivity contribution is 6.32. The third kappa shape index (κ3) is 4.65. The molecule has 2 N–H and O–H groups in total. The Hall–Kier alpha value is -2.98. The van der Waals surface area contributed by atoms with Gasteiger partial charge in [-0.3, -0.25) is 14.6 Å². The molecular formula is C20H20ClFN4O2. The number of carbonyl (C=O) groups is 2. The number of pyridine rings is 1. The molecule has 8 heteroatoms. The molecule has 0 saturated heterocycles. The summed E-state index contributed by atoms with van der Waals surface area (Å²) in [6.07, 6.45) is -0.160. The van der Waals surface area contributed by atoms with Gasteiger partial charge in [0.2, 0.25) is 11.8 Å². The lowest BCUT2D eigenvalue weighted by atomic mass is 9.93. The van der Waals surface area contributed by atoms with Crippen molar-refractivity contribution in [2.24, 2.45) is 11.7 Å². The third-order valence-electron chi connectivity index (χ3n) is 4.51. The van der Waals surface area contributed by atoms with E-state index in [1.54, 1.807) is 13.8 Å². The van der Waals surface area contributed by atoms with Crippen LogP contribution in [0, 0.1) is 36.9 Å². The predicted octanol–water partition coefficient (Wildman–Crippen LogP) is 3.06. The molecule has 1 atom stereocenters. The molecule has 2 amide bonds. The summed E-state index contributed by atoms with van der Waals surface area (Å²) in [6, 6.07) is 7.47. The Balaban J connectivity index is 2.39. The molecule has 0 aliphatic rings. The summed E-state index contributed by atoms with van der Waals surface area (Å²) in [5.74, 6) is -2.28. The molecule has 0 aliphatic carbocycles. The van der Waals surface area contributed by atoms with E-state index in [2.05, 4.69) is 11.1 Å². The fourth-order valence-corrected chi connectivity index (χ4v) is 3.13. The number of nitrogens with zero attached hydrogens (tertiary/aromatic N) is 3. The number of benzene rings is 1. The summed E-state index contributed by atoms with van der Waals surface area (Å²) in [7, 11) is 1.53. The second kappa shape index (κ2) is 8.81. The normalized spacial score (nSPS) is 11.6. The molecule has 0 aliphatic heterocycles. The molecule has 1 aromatic heterocycles. The number of hydrogen-bond donors (Lipinski definition) is 1. The monoisotopic (exact) mass is 402 g/mol. The minimum atomic E-state index is -0.827. The standard InChI is InChI=1S/C20H20ClFN4O2/c1-11-16(10-23)17(25-12(2)19(11)21)8-13(9-18(24)27)20(28)26(3)15-6-4-14(22)5-7-15/h4-7,13H,8-9H2,1-3H3,(H2,24,27)/t13-/m0/s1. The summed E-state index contributed by atoms with van der Waals surface area (Å²) in [6.45, 7) is 3.41. The number of aryl methyl sites for hydroxylation is 1. The van der Waals surface area contributed by atoms with Crippen molar-refractivity contribution in [2.75, 3.05) is 11.9 Å². The van der Waals surface area contributed by atoms with Crippen molar-refractivity contribution < 1.29 is 14.0 Å². The van der Waals surface area contributed by atoms with Crippen molar-refractivity contribution in [3.63, 3.8) is 0 Å². The van der Waals surface area contributed by atoms with E-state index in [9.17, 15) is 19.2 Å². The quantitative estimate of drug-likeness (QED) is 0.802. The second-order valence-electron chi connectivity index (χ2n) is 6.51. The Morgan fingerprint density at radius 1 is 1.32 bits per heavy atom. The first-order valence-electron chi connectivity index (χ1n) is 8.52. The molecule has 0 radical (unpaired) electrons. The van der Waals surface area contributed by atoms with Crippen LogP contribution in [0.5, 0.6) is 0 Å². The van der Waals surface area contributed by atoms with Crippen LogP contribution in [0.15, 0.2) is 24.3 Å². The van der Waals surface area contributed by atoms with Gasteiger partial charge in [-0.1, -0.05) is 11.6 Å². The van der Waals surface area contributed by atoms with E-state index in [-0.39, 0.29) is 24.3 Å². The third-order valence-corrected chi connectivity index (χ3v) is 5.06. The van der Waals surface area contributed by atoms with Crippen LogP contribution in [-0.2, 0) is 16.0 Å². The molecule has 146 valence electrons. The average molecular weight is 403 g/mol. The van der Waals surface area contributed by atoms with Gasteiger partial charge in [0.15, 0.2) is 0 Å². The molecule has 6 nitrogen and oxygen atoms in total. The van der Waals surface area contributed by atoms with Gasteiger partial charge in [0.1, 0.15) is 11.9 Å². The Kier molecular flexibility index (Phi) is 6.71. The van der Waals surface area contributed by atoms with E-state index >= 15 is 0 Å². The molecule has 1 heterocycles. The second-order valence-corrected chi connectivity index (χ2v) is 6.89. The summed E-state index contributed by atoms with van der Waals surface area (Å²) < 4.78 is 13.1. The van der Waals surface area contributed by atoms with Crippen molar-refractivity contribution in [2.45, 2.75) is 26.7 Å². The number of aromatic nitrogens is 1. The van der Waals surface area contributed by atoms with Gasteiger partial charge in [0.05, 0.1) is 27.9 Å². The van der Waals surface area contributed by atoms with Gasteiger partial charge in [0, 0.05) is 25.6 Å². The van der Waals surface area contributed by atoms with Crippen LogP contribution in [0.3, 0.4) is 0 Å². The maximum atomic E-state index is 13.1. The maximum absolute atomic E-state index is 13.1. The van der Waals surface area contributed by atoms with Gasteiger partial charge in [-0.2, -0.15) is 5.26 Å². The van der Waals surface area contributed by atoms with E-state index in [0.29, 0.717) is 27.7 Å². The van der Waals surface area contributed by atoms with Crippen molar-refractivity contribution in [3.05, 3.63) is 57.6 Å². The molecule has 0 spiro atoms. The first kappa shape index (κ1) is 21.3. The number of halogens is 2. The van der Waals surface area contributed by atoms with Gasteiger partial charge in [-0.25, -0.2) is 4.39 Å². The number of amides is 2. The number of hydrogen-bond acceptors (Lipinski definition) is 4. The van der Waals surface area contributed by atoms with Crippen LogP contribution in [0.2, 0.25) is 5.02 Å². The Labute approximate surface area is 167 Å². The predicted molar refractivity (Wildman–Crippen MR) is 104 cm³/mol. The van der Waals surface area contributed by atoms with Crippen molar-refractivity contribution in [1.82, 2.24) is 4.98 Å². The highest BCUT2D eigenvalue weighted by atomic mass is 35.5. The van der Waals surface area contributed by atoms with Crippen LogP contribution in [0.25, 0.3) is 0 Å². The number of carbonyl (C=O) groups excluding carboxylic acids is 2. The lowest BCUT2D eigenvalue weighted by Crippen LogP contribution is -2.36. The van der Waals surface area contributed by atoms with E-state index in [4.69, 9.17) is 17.3 Å². The number of nitrogens with two attached hydrogens (primary N) is 1. The fraction of sp³-hybridized carbons (Fsp3) is 0.300. The SMILES string of the molecule is Cc1nc(C[C@@H](CC(N)=O)C(=O)N(C)c2ccc(F)cc2)c(C#N)c(C)c1Cl. The van der Waals surface area contributed by atoms with Gasteiger partial charge >= 0.3 is 0 Å². The zero-order valence-corrected chi connectivity index (χ0v) is 16.5. The van der Waals surface area contributed by atoms with Gasteiger partial charge < -0.3 is 10.6 Å². The van der Waals surface area contributed by atoms with Gasteiger partial charge in [0.25, 0.3) is 0 Å².